The molecule has 20 heavy (non-hydrogen) atoms. The van der Waals surface area contributed by atoms with Crippen LogP contribution in [0.3, 0.4) is 0 Å². The summed E-state index contributed by atoms with van der Waals surface area (Å²) in [6, 6.07) is 3.15. The van der Waals surface area contributed by atoms with Crippen LogP contribution in [0.4, 0.5) is 0 Å². The van der Waals surface area contributed by atoms with Crippen molar-refractivity contribution in [2.45, 2.75) is 19.3 Å². The molecule has 0 spiro atoms. The second kappa shape index (κ2) is 5.20. The number of pyridine rings is 1. The van der Waals surface area contributed by atoms with Gasteiger partial charge in [-0.1, -0.05) is 0 Å². The molecule has 1 saturated heterocycles. The van der Waals surface area contributed by atoms with Crippen molar-refractivity contribution >= 4 is 11.6 Å². The lowest BCUT2D eigenvalue weighted by Gasteiger charge is -2.29. The molecule has 6 nitrogen and oxygen atoms in total. The van der Waals surface area contributed by atoms with E-state index >= 15 is 0 Å². The lowest BCUT2D eigenvalue weighted by atomic mass is 9.95. The van der Waals surface area contributed by atoms with Crippen molar-refractivity contribution in [2.75, 3.05) is 20.1 Å². The lowest BCUT2D eigenvalue weighted by Crippen LogP contribution is -2.33. The normalized spacial score (nSPS) is 20.4. The number of aromatic carboxylic acids is 1. The van der Waals surface area contributed by atoms with Crippen molar-refractivity contribution < 1.29 is 9.90 Å². The second-order valence-electron chi connectivity index (χ2n) is 5.54. The van der Waals surface area contributed by atoms with Gasteiger partial charge in [0.15, 0.2) is 5.65 Å². The number of aromatic nitrogens is 3. The molecule has 1 aliphatic heterocycles. The maximum Gasteiger partial charge on any atom is 0.335 e. The molecule has 0 saturated carbocycles. The Kier molecular flexibility index (Phi) is 3.40. The summed E-state index contributed by atoms with van der Waals surface area (Å²) in [4.78, 5) is 13.3. The summed E-state index contributed by atoms with van der Waals surface area (Å²) in [5, 5.41) is 17.3. The average molecular weight is 274 g/mol. The molecule has 1 unspecified atom stereocenters. The Hall–Kier alpha value is -1.95. The van der Waals surface area contributed by atoms with Gasteiger partial charge in [-0.3, -0.25) is 4.40 Å². The predicted molar refractivity (Wildman–Crippen MR) is 73.9 cm³/mol. The summed E-state index contributed by atoms with van der Waals surface area (Å²) in [7, 11) is 2.15. The van der Waals surface area contributed by atoms with Gasteiger partial charge in [0, 0.05) is 19.2 Å². The fourth-order valence-electron chi connectivity index (χ4n) is 2.91. The predicted octanol–water partition coefficient (Wildman–Crippen LogP) is 1.31. The van der Waals surface area contributed by atoms with Gasteiger partial charge in [0.25, 0.3) is 0 Å². The maximum absolute atomic E-state index is 10.9. The number of fused-ring (bicyclic) bond motifs is 1. The number of likely N-dealkylation sites (tertiary alicyclic amines) is 1. The topological polar surface area (TPSA) is 70.7 Å². The van der Waals surface area contributed by atoms with E-state index in [2.05, 4.69) is 22.1 Å². The van der Waals surface area contributed by atoms with Crippen molar-refractivity contribution in [1.82, 2.24) is 19.5 Å². The highest BCUT2D eigenvalue weighted by atomic mass is 16.4. The molecule has 2 aromatic heterocycles. The zero-order valence-electron chi connectivity index (χ0n) is 11.5. The molecule has 0 bridgehead atoms. The van der Waals surface area contributed by atoms with Gasteiger partial charge in [0.1, 0.15) is 5.82 Å². The number of hydrogen-bond donors (Lipinski definition) is 1. The van der Waals surface area contributed by atoms with Crippen LogP contribution in [0.2, 0.25) is 0 Å². The van der Waals surface area contributed by atoms with Gasteiger partial charge in [0.05, 0.1) is 5.56 Å². The summed E-state index contributed by atoms with van der Waals surface area (Å²) < 4.78 is 1.89. The maximum atomic E-state index is 10.9. The molecule has 0 aromatic carbocycles. The van der Waals surface area contributed by atoms with Crippen LogP contribution in [0.25, 0.3) is 5.65 Å². The van der Waals surface area contributed by atoms with Gasteiger partial charge in [-0.05, 0) is 44.5 Å². The highest BCUT2D eigenvalue weighted by Gasteiger charge is 2.20. The van der Waals surface area contributed by atoms with Gasteiger partial charge < -0.3 is 10.0 Å². The standard InChI is InChI=1S/C14H18N4O2/c1-17-5-2-3-10(9-17)7-12-15-16-13-8-11(14(19)20)4-6-18(12)13/h4,6,8,10H,2-3,5,7,9H2,1H3,(H,19,20). The van der Waals surface area contributed by atoms with E-state index < -0.39 is 5.97 Å². The molecule has 106 valence electrons. The average Bonchev–Trinajstić information content (AvgIpc) is 2.81. The summed E-state index contributed by atoms with van der Waals surface area (Å²) in [5.41, 5.74) is 0.845. The molecule has 1 N–H and O–H groups in total. The van der Waals surface area contributed by atoms with E-state index in [0.717, 1.165) is 18.8 Å². The van der Waals surface area contributed by atoms with Gasteiger partial charge in [-0.15, -0.1) is 10.2 Å². The molecule has 0 radical (unpaired) electrons. The van der Waals surface area contributed by atoms with E-state index in [1.807, 2.05) is 4.40 Å². The largest absolute Gasteiger partial charge is 0.478 e. The molecule has 6 heteroatoms. The van der Waals surface area contributed by atoms with Crippen molar-refractivity contribution in [3.8, 4) is 0 Å². The van der Waals surface area contributed by atoms with Gasteiger partial charge in [0.2, 0.25) is 0 Å². The van der Waals surface area contributed by atoms with Crippen LogP contribution in [0.15, 0.2) is 18.3 Å². The first-order valence-electron chi connectivity index (χ1n) is 6.89. The van der Waals surface area contributed by atoms with Crippen LogP contribution in [0.1, 0.15) is 29.0 Å². The number of carbonyl (C=O) groups is 1. The first-order valence-corrected chi connectivity index (χ1v) is 6.89. The first-order chi connectivity index (χ1) is 9.63. The fourth-order valence-corrected chi connectivity index (χ4v) is 2.91. The van der Waals surface area contributed by atoms with Crippen LogP contribution in [0.5, 0.6) is 0 Å². The van der Waals surface area contributed by atoms with Gasteiger partial charge >= 0.3 is 5.97 Å². The lowest BCUT2D eigenvalue weighted by molar-refractivity contribution is 0.0697. The number of nitrogens with zero attached hydrogens (tertiary/aromatic N) is 4. The molecule has 1 aliphatic rings. The number of carboxylic acids is 1. The van der Waals surface area contributed by atoms with Crippen LogP contribution in [-0.2, 0) is 6.42 Å². The molecular weight excluding hydrogens is 256 g/mol. The number of hydrogen-bond acceptors (Lipinski definition) is 4. The zero-order chi connectivity index (χ0) is 14.1. The third kappa shape index (κ3) is 2.51. The molecule has 2 aromatic rings. The zero-order valence-corrected chi connectivity index (χ0v) is 11.5. The fraction of sp³-hybridized carbons (Fsp3) is 0.500. The highest BCUT2D eigenvalue weighted by Crippen LogP contribution is 2.19. The molecule has 3 heterocycles. The summed E-state index contributed by atoms with van der Waals surface area (Å²) in [6.45, 7) is 2.25. The Bertz CT molecular complexity index is 637. The molecule has 3 rings (SSSR count). The van der Waals surface area contributed by atoms with Crippen LogP contribution < -0.4 is 0 Å². The Morgan fingerprint density at radius 2 is 2.35 bits per heavy atom. The third-order valence-corrected chi connectivity index (χ3v) is 3.92. The van der Waals surface area contributed by atoms with Crippen LogP contribution >= 0.6 is 0 Å². The number of piperidine rings is 1. The van der Waals surface area contributed by atoms with E-state index in [9.17, 15) is 4.79 Å². The quantitative estimate of drug-likeness (QED) is 0.913. The SMILES string of the molecule is CN1CCCC(Cc2nnc3cc(C(=O)O)ccn23)C1. The number of carboxylic acid groups (broad SMARTS) is 1. The Morgan fingerprint density at radius 1 is 1.50 bits per heavy atom. The minimum Gasteiger partial charge on any atom is -0.478 e. The van der Waals surface area contributed by atoms with Crippen molar-refractivity contribution in [3.05, 3.63) is 29.7 Å². The van der Waals surface area contributed by atoms with E-state index in [1.165, 1.54) is 19.4 Å². The smallest absolute Gasteiger partial charge is 0.335 e. The Morgan fingerprint density at radius 3 is 3.10 bits per heavy atom. The molecular formula is C14H18N4O2. The Balaban J connectivity index is 1.83. The van der Waals surface area contributed by atoms with Gasteiger partial charge in [-0.2, -0.15) is 0 Å². The summed E-state index contributed by atoms with van der Waals surface area (Å²) in [5.74, 6) is 0.573. The van der Waals surface area contributed by atoms with Gasteiger partial charge in [-0.25, -0.2) is 4.79 Å². The van der Waals surface area contributed by atoms with Crippen molar-refractivity contribution in [3.63, 3.8) is 0 Å². The number of rotatable bonds is 3. The molecule has 0 aliphatic carbocycles. The minimum absolute atomic E-state index is 0.244. The summed E-state index contributed by atoms with van der Waals surface area (Å²) in [6.07, 6.45) is 5.08. The molecule has 1 atom stereocenters. The minimum atomic E-state index is -0.939. The van der Waals surface area contributed by atoms with E-state index in [-0.39, 0.29) is 5.56 Å². The van der Waals surface area contributed by atoms with Crippen molar-refractivity contribution in [2.24, 2.45) is 5.92 Å². The monoisotopic (exact) mass is 274 g/mol. The van der Waals surface area contributed by atoms with E-state index in [1.54, 1.807) is 18.3 Å². The second-order valence-corrected chi connectivity index (χ2v) is 5.54. The van der Waals surface area contributed by atoms with E-state index in [0.29, 0.717) is 11.6 Å². The summed E-state index contributed by atoms with van der Waals surface area (Å²) >= 11 is 0. The Labute approximate surface area is 117 Å². The van der Waals surface area contributed by atoms with Crippen molar-refractivity contribution in [1.29, 1.82) is 0 Å². The van der Waals surface area contributed by atoms with Crippen LogP contribution in [-0.4, -0.2) is 50.7 Å². The first kappa shape index (κ1) is 13.1. The molecule has 1 fully saturated rings. The van der Waals surface area contributed by atoms with E-state index in [4.69, 9.17) is 5.11 Å². The third-order valence-electron chi connectivity index (χ3n) is 3.92. The molecule has 0 amide bonds. The van der Waals surface area contributed by atoms with Crippen LogP contribution in [0, 0.1) is 5.92 Å². The highest BCUT2D eigenvalue weighted by molar-refractivity contribution is 5.88.